The molecule has 0 spiro atoms. The van der Waals surface area contributed by atoms with Gasteiger partial charge in [0.05, 0.1) is 17.1 Å². The van der Waals surface area contributed by atoms with Crippen molar-refractivity contribution in [3.8, 4) is 0 Å². The van der Waals surface area contributed by atoms with Crippen LogP contribution in [0.25, 0.3) is 0 Å². The largest absolute Gasteiger partial charge is 0.373 e. The van der Waals surface area contributed by atoms with Crippen molar-refractivity contribution < 1.29 is 13.2 Å². The number of benzene rings is 1. The third-order valence-electron chi connectivity index (χ3n) is 5.40. The summed E-state index contributed by atoms with van der Waals surface area (Å²) in [6, 6.07) is 7.07. The van der Waals surface area contributed by atoms with Crippen molar-refractivity contribution in [2.75, 3.05) is 13.1 Å². The molecule has 0 amide bonds. The molecule has 2 fully saturated rings. The molecule has 2 saturated heterocycles. The zero-order valence-corrected chi connectivity index (χ0v) is 16.1. The molecule has 2 aliphatic rings. The molecule has 0 bridgehead atoms. The first kappa shape index (κ1) is 18.6. The Labute approximate surface area is 151 Å². The molecule has 2 heterocycles. The summed E-state index contributed by atoms with van der Waals surface area (Å²) in [5.74, 6) is 0.127. The lowest BCUT2D eigenvalue weighted by molar-refractivity contribution is -0.0446. The van der Waals surface area contributed by atoms with E-state index in [0.717, 1.165) is 30.4 Å². The first-order valence-electron chi connectivity index (χ1n) is 9.31. The van der Waals surface area contributed by atoms with Crippen molar-refractivity contribution in [2.45, 2.75) is 63.1 Å². The first-order valence-corrected chi connectivity index (χ1v) is 10.8. The van der Waals surface area contributed by atoms with Crippen LogP contribution in [-0.2, 0) is 14.8 Å². The van der Waals surface area contributed by atoms with Gasteiger partial charge in [-0.1, -0.05) is 56.0 Å². The second kappa shape index (κ2) is 7.60. The van der Waals surface area contributed by atoms with Gasteiger partial charge in [0.1, 0.15) is 0 Å². The van der Waals surface area contributed by atoms with Gasteiger partial charge in [-0.2, -0.15) is 4.31 Å². The van der Waals surface area contributed by atoms with Crippen molar-refractivity contribution >= 4 is 10.0 Å². The maximum Gasteiger partial charge on any atom is 0.243 e. The van der Waals surface area contributed by atoms with Crippen molar-refractivity contribution in [1.82, 2.24) is 4.31 Å². The summed E-state index contributed by atoms with van der Waals surface area (Å²) in [4.78, 5) is 0.363. The van der Waals surface area contributed by atoms with Crippen LogP contribution < -0.4 is 0 Å². The van der Waals surface area contributed by atoms with Gasteiger partial charge in [-0.05, 0) is 31.9 Å². The summed E-state index contributed by atoms with van der Waals surface area (Å²) in [5.41, 5.74) is 2.21. The van der Waals surface area contributed by atoms with Gasteiger partial charge in [0.15, 0.2) is 0 Å². The second-order valence-electron chi connectivity index (χ2n) is 7.40. The lowest BCUT2D eigenvalue weighted by Gasteiger charge is -2.33. The molecule has 2 aliphatic heterocycles. The summed E-state index contributed by atoms with van der Waals surface area (Å²) in [5, 5.41) is 0. The molecule has 0 radical (unpaired) electrons. The standard InChI is InChI=1S/C20H29NO3S/c1-4-5-6-7-17-12-16(3)19-13-21(14-20(19)24-17)25(22,23)18-10-8-15(2)9-11-18/h8-11,17,19-20H,3-7,12-14H2,1-2H3. The molecule has 3 atom stereocenters. The Bertz CT molecular complexity index is 711. The van der Waals surface area contributed by atoms with Gasteiger partial charge in [-0.15, -0.1) is 0 Å². The second-order valence-corrected chi connectivity index (χ2v) is 9.33. The molecule has 1 aromatic carbocycles. The Hall–Kier alpha value is -1.17. The van der Waals surface area contributed by atoms with Crippen molar-refractivity contribution in [3.05, 3.63) is 42.0 Å². The van der Waals surface area contributed by atoms with Crippen LogP contribution in [0.2, 0.25) is 0 Å². The lowest BCUT2D eigenvalue weighted by atomic mass is 9.88. The summed E-state index contributed by atoms with van der Waals surface area (Å²) in [6.45, 7) is 9.31. The predicted octanol–water partition coefficient (Wildman–Crippen LogP) is 3.91. The van der Waals surface area contributed by atoms with Crippen LogP contribution in [0, 0.1) is 12.8 Å². The van der Waals surface area contributed by atoms with E-state index < -0.39 is 10.0 Å². The SMILES string of the molecule is C=C1CC(CCCCC)OC2CN(S(=O)(=O)c3ccc(C)cc3)CC12. The highest BCUT2D eigenvalue weighted by atomic mass is 32.2. The zero-order chi connectivity index (χ0) is 18.0. The topological polar surface area (TPSA) is 46.6 Å². The molecule has 0 aliphatic carbocycles. The third kappa shape index (κ3) is 3.99. The first-order chi connectivity index (χ1) is 11.9. The molecule has 25 heavy (non-hydrogen) atoms. The Kier molecular flexibility index (Phi) is 5.66. The van der Waals surface area contributed by atoms with E-state index >= 15 is 0 Å². The van der Waals surface area contributed by atoms with Crippen LogP contribution in [0.1, 0.15) is 44.6 Å². The number of sulfonamides is 1. The average Bonchev–Trinajstić information content (AvgIpc) is 3.01. The molecule has 138 valence electrons. The van der Waals surface area contributed by atoms with Crippen molar-refractivity contribution in [1.29, 1.82) is 0 Å². The number of hydrogen-bond donors (Lipinski definition) is 0. The van der Waals surface area contributed by atoms with Crippen LogP contribution in [0.5, 0.6) is 0 Å². The lowest BCUT2D eigenvalue weighted by Crippen LogP contribution is -2.36. The van der Waals surface area contributed by atoms with Crippen LogP contribution in [0.3, 0.4) is 0 Å². The van der Waals surface area contributed by atoms with Gasteiger partial charge in [-0.25, -0.2) is 8.42 Å². The van der Waals surface area contributed by atoms with Crippen LogP contribution in [-0.4, -0.2) is 38.0 Å². The van der Waals surface area contributed by atoms with E-state index in [-0.39, 0.29) is 18.1 Å². The highest BCUT2D eigenvalue weighted by Crippen LogP contribution is 2.38. The Balaban J connectivity index is 1.69. The Morgan fingerprint density at radius 2 is 1.92 bits per heavy atom. The molecule has 1 aromatic rings. The number of rotatable bonds is 6. The van der Waals surface area contributed by atoms with E-state index in [4.69, 9.17) is 4.74 Å². The fourth-order valence-corrected chi connectivity index (χ4v) is 5.33. The number of fused-ring (bicyclic) bond motifs is 1. The van der Waals surface area contributed by atoms with Gasteiger partial charge in [0, 0.05) is 19.0 Å². The normalized spacial score (nSPS) is 27.4. The summed E-state index contributed by atoms with van der Waals surface area (Å²) < 4.78 is 33.7. The van der Waals surface area contributed by atoms with Gasteiger partial charge in [0.2, 0.25) is 10.0 Å². The molecule has 3 unspecified atom stereocenters. The molecular formula is C20H29NO3S. The minimum Gasteiger partial charge on any atom is -0.373 e. The van der Waals surface area contributed by atoms with E-state index in [1.165, 1.54) is 12.8 Å². The molecule has 0 N–H and O–H groups in total. The number of nitrogens with zero attached hydrogens (tertiary/aromatic N) is 1. The van der Waals surface area contributed by atoms with Gasteiger partial charge in [0.25, 0.3) is 0 Å². The summed E-state index contributed by atoms with van der Waals surface area (Å²) in [6.07, 6.45) is 5.63. The number of hydrogen-bond acceptors (Lipinski definition) is 3. The monoisotopic (exact) mass is 363 g/mol. The number of aryl methyl sites for hydroxylation is 1. The van der Waals surface area contributed by atoms with Gasteiger partial charge in [-0.3, -0.25) is 0 Å². The minimum atomic E-state index is -3.46. The third-order valence-corrected chi connectivity index (χ3v) is 7.25. The number of unbranched alkanes of at least 4 members (excludes halogenated alkanes) is 2. The maximum atomic E-state index is 12.9. The summed E-state index contributed by atoms with van der Waals surface area (Å²) >= 11 is 0. The molecule has 3 rings (SSSR count). The van der Waals surface area contributed by atoms with Crippen molar-refractivity contribution in [3.63, 3.8) is 0 Å². The van der Waals surface area contributed by atoms with Crippen LogP contribution in [0.15, 0.2) is 41.3 Å². The molecule has 5 heteroatoms. The quantitative estimate of drug-likeness (QED) is 0.569. The zero-order valence-electron chi connectivity index (χ0n) is 15.3. The fourth-order valence-electron chi connectivity index (χ4n) is 3.86. The van der Waals surface area contributed by atoms with Gasteiger partial charge >= 0.3 is 0 Å². The molecule has 0 saturated carbocycles. The van der Waals surface area contributed by atoms with Crippen LogP contribution >= 0.6 is 0 Å². The highest BCUT2D eigenvalue weighted by Gasteiger charge is 2.44. The van der Waals surface area contributed by atoms with E-state index in [2.05, 4.69) is 13.5 Å². The maximum absolute atomic E-state index is 12.9. The highest BCUT2D eigenvalue weighted by molar-refractivity contribution is 7.89. The van der Waals surface area contributed by atoms with E-state index in [1.54, 1.807) is 16.4 Å². The number of ether oxygens (including phenoxy) is 1. The van der Waals surface area contributed by atoms with Crippen molar-refractivity contribution in [2.24, 2.45) is 5.92 Å². The summed E-state index contributed by atoms with van der Waals surface area (Å²) in [7, 11) is -3.46. The van der Waals surface area contributed by atoms with E-state index in [1.807, 2.05) is 19.1 Å². The molecular weight excluding hydrogens is 334 g/mol. The van der Waals surface area contributed by atoms with Gasteiger partial charge < -0.3 is 4.74 Å². The average molecular weight is 364 g/mol. The van der Waals surface area contributed by atoms with E-state index in [0.29, 0.717) is 18.0 Å². The fraction of sp³-hybridized carbons (Fsp3) is 0.600. The Morgan fingerprint density at radius 3 is 2.60 bits per heavy atom. The predicted molar refractivity (Wildman–Crippen MR) is 100.0 cm³/mol. The smallest absolute Gasteiger partial charge is 0.243 e. The van der Waals surface area contributed by atoms with E-state index in [9.17, 15) is 8.42 Å². The molecule has 4 nitrogen and oxygen atoms in total. The molecule has 0 aromatic heterocycles. The minimum absolute atomic E-state index is 0.0481. The Morgan fingerprint density at radius 1 is 1.20 bits per heavy atom. The van der Waals surface area contributed by atoms with Crippen LogP contribution in [0.4, 0.5) is 0 Å².